The van der Waals surface area contributed by atoms with Crippen molar-refractivity contribution in [1.82, 2.24) is 0 Å². The molecule has 1 aromatic rings. The molecule has 0 bridgehead atoms. The first-order valence-corrected chi connectivity index (χ1v) is 4.64. The molecule has 0 unspecified atom stereocenters. The van der Waals surface area contributed by atoms with Crippen molar-refractivity contribution < 1.29 is 9.18 Å². The molecule has 0 radical (unpaired) electrons. The summed E-state index contributed by atoms with van der Waals surface area (Å²) in [6.45, 7) is 1.96. The van der Waals surface area contributed by atoms with E-state index in [-0.39, 0.29) is 5.82 Å². The van der Waals surface area contributed by atoms with Crippen LogP contribution >= 0.6 is 11.8 Å². The van der Waals surface area contributed by atoms with Crippen molar-refractivity contribution in [1.29, 1.82) is 0 Å². The van der Waals surface area contributed by atoms with E-state index < -0.39 is 0 Å². The van der Waals surface area contributed by atoms with Crippen LogP contribution in [0.3, 0.4) is 0 Å². The van der Waals surface area contributed by atoms with Gasteiger partial charge in [0.15, 0.2) is 0 Å². The van der Waals surface area contributed by atoms with E-state index in [0.717, 1.165) is 5.75 Å². The lowest BCUT2D eigenvalue weighted by Gasteiger charge is -1.99. The van der Waals surface area contributed by atoms with Gasteiger partial charge in [-0.1, -0.05) is 13.0 Å². The Balaban J connectivity index is 2.94. The van der Waals surface area contributed by atoms with E-state index in [1.807, 2.05) is 6.92 Å². The highest BCUT2D eigenvalue weighted by Crippen LogP contribution is 2.21. The second kappa shape index (κ2) is 4.26. The van der Waals surface area contributed by atoms with Crippen molar-refractivity contribution in [2.24, 2.45) is 0 Å². The molecule has 1 aromatic carbocycles. The highest BCUT2D eigenvalue weighted by molar-refractivity contribution is 7.99. The number of carbonyl (C=O) groups is 1. The summed E-state index contributed by atoms with van der Waals surface area (Å²) in [6.07, 6.45) is 0.642. The number of thioether (sulfide) groups is 1. The third kappa shape index (κ3) is 2.08. The number of halogens is 1. The van der Waals surface area contributed by atoms with Crippen LogP contribution in [0, 0.1) is 5.82 Å². The third-order valence-corrected chi connectivity index (χ3v) is 2.32. The van der Waals surface area contributed by atoms with Crippen LogP contribution in [-0.4, -0.2) is 12.0 Å². The Morgan fingerprint density at radius 1 is 1.58 bits per heavy atom. The van der Waals surface area contributed by atoms with E-state index in [0.29, 0.717) is 16.7 Å². The van der Waals surface area contributed by atoms with Crippen molar-refractivity contribution in [2.75, 3.05) is 5.75 Å². The van der Waals surface area contributed by atoms with Gasteiger partial charge in [0.05, 0.1) is 0 Å². The van der Waals surface area contributed by atoms with Crippen LogP contribution in [0.2, 0.25) is 0 Å². The van der Waals surface area contributed by atoms with Gasteiger partial charge < -0.3 is 0 Å². The van der Waals surface area contributed by atoms with E-state index in [9.17, 15) is 9.18 Å². The lowest BCUT2D eigenvalue weighted by Crippen LogP contribution is -1.85. The van der Waals surface area contributed by atoms with Gasteiger partial charge in [-0.3, -0.25) is 4.79 Å². The number of rotatable bonds is 3. The Kier molecular flexibility index (Phi) is 3.29. The van der Waals surface area contributed by atoms with Gasteiger partial charge in [-0.05, 0) is 17.9 Å². The first-order chi connectivity index (χ1) is 5.77. The summed E-state index contributed by atoms with van der Waals surface area (Å²) in [5.74, 6) is 0.517. The Labute approximate surface area is 75.0 Å². The standard InChI is InChI=1S/C9H9FOS/c1-2-12-9-4-3-7(6-11)5-8(9)10/h3-6H,2H2,1H3. The first kappa shape index (κ1) is 9.26. The molecule has 0 aliphatic rings. The lowest BCUT2D eigenvalue weighted by atomic mass is 10.2. The lowest BCUT2D eigenvalue weighted by molar-refractivity contribution is 0.112. The van der Waals surface area contributed by atoms with Crippen LogP contribution in [0.15, 0.2) is 23.1 Å². The fraction of sp³-hybridized carbons (Fsp3) is 0.222. The molecule has 12 heavy (non-hydrogen) atoms. The summed E-state index contributed by atoms with van der Waals surface area (Å²) < 4.78 is 13.0. The van der Waals surface area contributed by atoms with E-state index in [1.54, 1.807) is 12.1 Å². The molecule has 0 N–H and O–H groups in total. The van der Waals surface area contributed by atoms with Gasteiger partial charge in [-0.15, -0.1) is 11.8 Å². The maximum Gasteiger partial charge on any atom is 0.150 e. The van der Waals surface area contributed by atoms with Gasteiger partial charge >= 0.3 is 0 Å². The molecule has 0 aliphatic carbocycles. The van der Waals surface area contributed by atoms with Gasteiger partial charge in [0.2, 0.25) is 0 Å². The predicted octanol–water partition coefficient (Wildman–Crippen LogP) is 2.75. The predicted molar refractivity (Wildman–Crippen MR) is 48.2 cm³/mol. The van der Waals surface area contributed by atoms with Gasteiger partial charge in [-0.2, -0.15) is 0 Å². The Morgan fingerprint density at radius 2 is 2.33 bits per heavy atom. The molecule has 0 saturated carbocycles. The molecule has 0 fully saturated rings. The average Bonchev–Trinajstić information content (AvgIpc) is 2.09. The Hall–Kier alpha value is -0.830. The normalized spacial score (nSPS) is 9.83. The van der Waals surface area contributed by atoms with Crippen molar-refractivity contribution >= 4 is 18.0 Å². The molecule has 0 saturated heterocycles. The van der Waals surface area contributed by atoms with E-state index in [4.69, 9.17) is 0 Å². The maximum atomic E-state index is 13.0. The molecule has 0 heterocycles. The van der Waals surface area contributed by atoms with Gasteiger partial charge in [0.1, 0.15) is 12.1 Å². The molecule has 64 valence electrons. The number of aldehydes is 1. The van der Waals surface area contributed by atoms with E-state index >= 15 is 0 Å². The fourth-order valence-corrected chi connectivity index (χ4v) is 1.54. The van der Waals surface area contributed by atoms with Crippen LogP contribution in [-0.2, 0) is 0 Å². The highest BCUT2D eigenvalue weighted by Gasteiger charge is 2.01. The highest BCUT2D eigenvalue weighted by atomic mass is 32.2. The molecular weight excluding hydrogens is 175 g/mol. The second-order valence-corrected chi connectivity index (χ2v) is 3.55. The van der Waals surface area contributed by atoms with E-state index in [1.165, 1.54) is 17.8 Å². The van der Waals surface area contributed by atoms with Crippen LogP contribution in [0.25, 0.3) is 0 Å². The first-order valence-electron chi connectivity index (χ1n) is 3.65. The quantitative estimate of drug-likeness (QED) is 0.530. The average molecular weight is 184 g/mol. The SMILES string of the molecule is CCSc1ccc(C=O)cc1F. The summed E-state index contributed by atoms with van der Waals surface area (Å²) in [5.41, 5.74) is 0.382. The number of hydrogen-bond acceptors (Lipinski definition) is 2. The van der Waals surface area contributed by atoms with Crippen molar-refractivity contribution in [3.8, 4) is 0 Å². The Morgan fingerprint density at radius 3 is 2.83 bits per heavy atom. The van der Waals surface area contributed by atoms with Gasteiger partial charge in [-0.25, -0.2) is 4.39 Å². The smallest absolute Gasteiger partial charge is 0.150 e. The summed E-state index contributed by atoms with van der Waals surface area (Å²) in [5, 5.41) is 0. The van der Waals surface area contributed by atoms with Gasteiger partial charge in [0, 0.05) is 10.5 Å². The molecule has 0 aromatic heterocycles. The largest absolute Gasteiger partial charge is 0.298 e. The second-order valence-electron chi connectivity index (χ2n) is 2.24. The maximum absolute atomic E-state index is 13.0. The zero-order chi connectivity index (χ0) is 8.97. The minimum Gasteiger partial charge on any atom is -0.298 e. The molecular formula is C9H9FOS. The van der Waals surface area contributed by atoms with Crippen molar-refractivity contribution in [3.63, 3.8) is 0 Å². The summed E-state index contributed by atoms with van der Waals surface area (Å²) in [4.78, 5) is 10.9. The van der Waals surface area contributed by atoms with Gasteiger partial charge in [0.25, 0.3) is 0 Å². The zero-order valence-electron chi connectivity index (χ0n) is 6.71. The molecule has 1 rings (SSSR count). The molecule has 0 aliphatic heterocycles. The third-order valence-electron chi connectivity index (χ3n) is 1.39. The molecule has 0 amide bonds. The molecule has 3 heteroatoms. The van der Waals surface area contributed by atoms with Crippen molar-refractivity contribution in [2.45, 2.75) is 11.8 Å². The fourth-order valence-electron chi connectivity index (χ4n) is 0.863. The number of benzene rings is 1. The van der Waals surface area contributed by atoms with Crippen LogP contribution in [0.1, 0.15) is 17.3 Å². The number of carbonyl (C=O) groups excluding carboxylic acids is 1. The van der Waals surface area contributed by atoms with Crippen LogP contribution in [0.4, 0.5) is 4.39 Å². The monoisotopic (exact) mass is 184 g/mol. The minimum atomic E-state index is -0.313. The summed E-state index contributed by atoms with van der Waals surface area (Å²) in [7, 11) is 0. The molecule has 0 spiro atoms. The minimum absolute atomic E-state index is 0.313. The Bertz CT molecular complexity index is 286. The molecule has 0 atom stereocenters. The van der Waals surface area contributed by atoms with Crippen LogP contribution < -0.4 is 0 Å². The van der Waals surface area contributed by atoms with Crippen molar-refractivity contribution in [3.05, 3.63) is 29.6 Å². The van der Waals surface area contributed by atoms with Crippen LogP contribution in [0.5, 0.6) is 0 Å². The summed E-state index contributed by atoms with van der Waals surface area (Å²) in [6, 6.07) is 4.51. The summed E-state index contributed by atoms with van der Waals surface area (Å²) >= 11 is 1.43. The zero-order valence-corrected chi connectivity index (χ0v) is 7.53. The number of hydrogen-bond donors (Lipinski definition) is 0. The van der Waals surface area contributed by atoms with E-state index in [2.05, 4.69) is 0 Å². The molecule has 1 nitrogen and oxygen atoms in total. The topological polar surface area (TPSA) is 17.1 Å².